The van der Waals surface area contributed by atoms with E-state index in [1.165, 1.54) is 0 Å². The van der Waals surface area contributed by atoms with E-state index in [0.717, 1.165) is 231 Å². The predicted molar refractivity (Wildman–Crippen MR) is 385 cm³/mol. The highest BCUT2D eigenvalue weighted by atomic mass is 79.9. The predicted octanol–water partition coefficient (Wildman–Crippen LogP) is 19.6. The van der Waals surface area contributed by atoms with Crippen molar-refractivity contribution in [3.05, 3.63) is 116 Å². The van der Waals surface area contributed by atoms with Gasteiger partial charge in [-0.2, -0.15) is 0 Å². The molecule has 0 amide bonds. The van der Waals surface area contributed by atoms with Gasteiger partial charge in [-0.05, 0) is 125 Å². The van der Waals surface area contributed by atoms with Crippen molar-refractivity contribution in [3.63, 3.8) is 0 Å². The summed E-state index contributed by atoms with van der Waals surface area (Å²) < 4.78 is 68.4. The van der Waals surface area contributed by atoms with E-state index in [9.17, 15) is 0 Å². The summed E-state index contributed by atoms with van der Waals surface area (Å²) in [5, 5.41) is 8.06. The van der Waals surface area contributed by atoms with E-state index < -0.39 is 0 Å². The van der Waals surface area contributed by atoms with Crippen LogP contribution in [0, 0.1) is 0 Å². The van der Waals surface area contributed by atoms with Crippen molar-refractivity contribution in [2.75, 3.05) is 119 Å². The Morgan fingerprint density at radius 1 is 0.176 bits per heavy atom. The van der Waals surface area contributed by atoms with Crippen LogP contribution in [0.25, 0.3) is 0 Å². The second-order valence-corrected chi connectivity index (χ2v) is 28.1. The van der Waals surface area contributed by atoms with Crippen LogP contribution < -0.4 is 47.4 Å². The molecule has 0 fully saturated rings. The monoisotopic (exact) mass is 1810 g/mol. The van der Waals surface area contributed by atoms with E-state index in [-0.39, 0.29) is 0 Å². The SMILES string of the molecule is BrCCCOc1cc2c(OCCCBr)cc1Cc1cc(OCCCBr)c(cc1OCCCBr)Cc1cc(OCCCBr)c(cc1OCCCBr)Cc1cc(OCCCBr)c(cc1OCCCBr)Cc1cc(OCCCBr)c(cc1OCCCBr)C2. The smallest absolute Gasteiger partial charge is 0.123 e. The first kappa shape index (κ1) is 73.0. The summed E-state index contributed by atoms with van der Waals surface area (Å²) in [6, 6.07) is 21.8. The molecule has 0 unspecified atom stereocenters. The summed E-state index contributed by atoms with van der Waals surface area (Å²) >= 11 is 36.6. The van der Waals surface area contributed by atoms with E-state index >= 15 is 0 Å². The molecule has 5 aromatic carbocycles. The topological polar surface area (TPSA) is 92.3 Å². The van der Waals surface area contributed by atoms with Gasteiger partial charge in [0.15, 0.2) is 0 Å². The molecule has 0 saturated carbocycles. The molecule has 85 heavy (non-hydrogen) atoms. The molecular formula is C65H80Br10O10. The van der Waals surface area contributed by atoms with Crippen molar-refractivity contribution in [1.29, 1.82) is 0 Å². The summed E-state index contributed by atoms with van der Waals surface area (Å²) in [4.78, 5) is 0. The fourth-order valence-electron chi connectivity index (χ4n) is 9.34. The van der Waals surface area contributed by atoms with E-state index in [1.54, 1.807) is 0 Å². The molecule has 15 rings (SSSR count). The minimum Gasteiger partial charge on any atom is -0.493 e. The Morgan fingerprint density at radius 3 is 0.353 bits per heavy atom. The quantitative estimate of drug-likeness (QED) is 0.0274. The fraction of sp³-hybridized carbons (Fsp3) is 0.538. The highest BCUT2D eigenvalue weighted by molar-refractivity contribution is 9.10. The molecule has 0 N–H and O–H groups in total. The van der Waals surface area contributed by atoms with E-state index in [0.29, 0.717) is 98.2 Å². The molecule has 0 heterocycles. The highest BCUT2D eigenvalue weighted by Gasteiger charge is 2.25. The number of hydrogen-bond donors (Lipinski definition) is 0. The summed E-state index contributed by atoms with van der Waals surface area (Å²) in [5.41, 5.74) is 9.76. The lowest BCUT2D eigenvalue weighted by Gasteiger charge is -2.22. The van der Waals surface area contributed by atoms with Crippen LogP contribution in [0.2, 0.25) is 0 Å². The van der Waals surface area contributed by atoms with Gasteiger partial charge in [0.05, 0.1) is 66.1 Å². The Kier molecular flexibility index (Phi) is 36.8. The zero-order valence-electron chi connectivity index (χ0n) is 48.4. The van der Waals surface area contributed by atoms with Crippen molar-refractivity contribution in [3.8, 4) is 57.5 Å². The fourth-order valence-corrected chi connectivity index (χ4v) is 11.6. The lowest BCUT2D eigenvalue weighted by Crippen LogP contribution is -2.10. The van der Waals surface area contributed by atoms with Gasteiger partial charge >= 0.3 is 0 Å². The van der Waals surface area contributed by atoms with E-state index in [4.69, 9.17) is 47.4 Å². The van der Waals surface area contributed by atoms with Gasteiger partial charge in [-0.3, -0.25) is 0 Å². The molecule has 0 spiro atoms. The lowest BCUT2D eigenvalue weighted by molar-refractivity contribution is 0.300. The number of halogens is 10. The summed E-state index contributed by atoms with van der Waals surface area (Å²) in [6.07, 6.45) is 10.7. The first-order valence-electron chi connectivity index (χ1n) is 29.4. The van der Waals surface area contributed by atoms with Crippen molar-refractivity contribution in [2.45, 2.75) is 96.3 Å². The third-order valence-electron chi connectivity index (χ3n) is 13.5. The van der Waals surface area contributed by atoms with Gasteiger partial charge in [-0.25, -0.2) is 0 Å². The van der Waals surface area contributed by atoms with Gasteiger partial charge in [0, 0.05) is 141 Å². The minimum atomic E-state index is 0.489. The van der Waals surface area contributed by atoms with Gasteiger partial charge in [0.25, 0.3) is 0 Å². The van der Waals surface area contributed by atoms with Crippen LogP contribution in [0.15, 0.2) is 60.7 Å². The number of alkyl halides is 10. The molecule has 0 aliphatic heterocycles. The van der Waals surface area contributed by atoms with Crippen LogP contribution in [0.1, 0.15) is 120 Å². The summed E-state index contributed by atoms with van der Waals surface area (Å²) in [6.45, 7) is 5.18. The van der Waals surface area contributed by atoms with E-state index in [2.05, 4.69) is 220 Å². The third-order valence-corrected chi connectivity index (χ3v) is 19.1. The molecule has 10 nitrogen and oxygen atoms in total. The Hall–Kier alpha value is -1.10. The summed E-state index contributed by atoms with van der Waals surface area (Å²) in [5.74, 6) is 7.79. The zero-order valence-corrected chi connectivity index (χ0v) is 64.2. The standard InChI is InChI=1S/C65H80Br10O10/c66-11-1-21-76-56-36-47-32-49-39-61(81-26-6-16-71)51(41-60(49)80-25-5-15-70)34-53-43-65(85-30-10-20-75)55(45-64(53)84-29-9-19-74)35-54-44-62(82-27-7-17-72)52(42-63(54)83-28-8-18-73)33-50-40-58(78-23-3-13-68)48(38-59(50)79-24-4-14-69)31-46(56)37-57(47)77-22-2-12-67/h36-45H,1-35H2. The average molecular weight is 1820 g/mol. The molecule has 10 aliphatic carbocycles. The lowest BCUT2D eigenvalue weighted by atomic mass is 9.94. The molecule has 5 aromatic rings. The summed E-state index contributed by atoms with van der Waals surface area (Å²) in [7, 11) is 0. The van der Waals surface area contributed by atoms with Crippen molar-refractivity contribution in [1.82, 2.24) is 0 Å². The molecule has 10 aliphatic rings. The molecular weight excluding hydrogens is 1740 g/mol. The molecule has 0 saturated heterocycles. The normalized spacial score (nSPS) is 12.1. The van der Waals surface area contributed by atoms with Crippen LogP contribution in [0.3, 0.4) is 0 Å². The molecule has 0 atom stereocenters. The van der Waals surface area contributed by atoms with Crippen molar-refractivity contribution < 1.29 is 47.4 Å². The number of hydrogen-bond acceptors (Lipinski definition) is 10. The maximum absolute atomic E-state index is 6.84. The average Bonchev–Trinajstić information content (AvgIpc) is 3.62. The maximum atomic E-state index is 6.84. The first-order chi connectivity index (χ1) is 41.7. The van der Waals surface area contributed by atoms with Crippen molar-refractivity contribution in [2.24, 2.45) is 0 Å². The van der Waals surface area contributed by atoms with Crippen LogP contribution in [0.5, 0.6) is 57.5 Å². The van der Waals surface area contributed by atoms with Gasteiger partial charge in [-0.1, -0.05) is 159 Å². The molecule has 0 aromatic heterocycles. The maximum Gasteiger partial charge on any atom is 0.123 e. The van der Waals surface area contributed by atoms with Gasteiger partial charge < -0.3 is 47.4 Å². The zero-order chi connectivity index (χ0) is 60.4. The van der Waals surface area contributed by atoms with Crippen LogP contribution in [-0.4, -0.2) is 119 Å². The van der Waals surface area contributed by atoms with Crippen LogP contribution in [-0.2, 0) is 32.1 Å². The second-order valence-electron chi connectivity index (χ2n) is 20.1. The van der Waals surface area contributed by atoms with Crippen molar-refractivity contribution >= 4 is 159 Å². The Morgan fingerprint density at radius 2 is 0.271 bits per heavy atom. The Balaban J connectivity index is 1.75. The number of ether oxygens (including phenoxy) is 10. The number of benzene rings is 5. The minimum absolute atomic E-state index is 0.489. The largest absolute Gasteiger partial charge is 0.493 e. The van der Waals surface area contributed by atoms with Crippen LogP contribution >= 0.6 is 159 Å². The van der Waals surface area contributed by atoms with Crippen LogP contribution in [0.4, 0.5) is 0 Å². The molecule has 20 heteroatoms. The molecule has 470 valence electrons. The Bertz CT molecular complexity index is 2150. The van der Waals surface area contributed by atoms with Gasteiger partial charge in [0.2, 0.25) is 0 Å². The van der Waals surface area contributed by atoms with Gasteiger partial charge in [0.1, 0.15) is 57.5 Å². The second kappa shape index (κ2) is 42.9. The Labute approximate surface area is 589 Å². The van der Waals surface area contributed by atoms with E-state index in [1.807, 2.05) is 0 Å². The van der Waals surface area contributed by atoms with Gasteiger partial charge in [-0.15, -0.1) is 0 Å². The number of rotatable bonds is 40. The third kappa shape index (κ3) is 24.5. The molecule has 10 bridgehead atoms. The molecule has 0 radical (unpaired) electrons. The first-order valence-corrected chi connectivity index (χ1v) is 40.6. The highest BCUT2D eigenvalue weighted by Crippen LogP contribution is 2.43.